The average Bonchev–Trinajstić information content (AvgIpc) is 3.04. The van der Waals surface area contributed by atoms with Crippen molar-refractivity contribution in [3.63, 3.8) is 0 Å². The van der Waals surface area contributed by atoms with Crippen molar-refractivity contribution >= 4 is 17.7 Å². The molecule has 1 amide bonds. The molecule has 6 heteroatoms. The first-order chi connectivity index (χ1) is 12.9. The molecular weight excluding hydrogens is 342 g/mol. The highest BCUT2D eigenvalue weighted by atomic mass is 16.4. The Kier molecular flexibility index (Phi) is 4.03. The summed E-state index contributed by atoms with van der Waals surface area (Å²) in [5.74, 6) is -0.533. The van der Waals surface area contributed by atoms with Crippen molar-refractivity contribution in [2.75, 3.05) is 5.32 Å². The maximum absolute atomic E-state index is 12.4. The van der Waals surface area contributed by atoms with E-state index in [9.17, 15) is 9.59 Å². The Morgan fingerprint density at radius 1 is 1.19 bits per heavy atom. The third-order valence-electron chi connectivity index (χ3n) is 4.96. The summed E-state index contributed by atoms with van der Waals surface area (Å²) in [4.78, 5) is 23.4. The van der Waals surface area contributed by atoms with Crippen molar-refractivity contribution in [1.82, 2.24) is 9.78 Å². The lowest BCUT2D eigenvalue weighted by molar-refractivity contribution is -0.116. The van der Waals surface area contributed by atoms with Gasteiger partial charge >= 0.3 is 5.97 Å². The minimum absolute atomic E-state index is 0.0821. The Labute approximate surface area is 156 Å². The molecule has 2 heterocycles. The van der Waals surface area contributed by atoms with Gasteiger partial charge in [-0.05, 0) is 43.2 Å². The topological polar surface area (TPSA) is 84.2 Å². The summed E-state index contributed by atoms with van der Waals surface area (Å²) >= 11 is 0. The Balaban J connectivity index is 1.78. The molecule has 0 saturated heterocycles. The van der Waals surface area contributed by atoms with Gasteiger partial charge < -0.3 is 10.4 Å². The molecule has 0 radical (unpaired) electrons. The van der Waals surface area contributed by atoms with Crippen LogP contribution in [0, 0.1) is 13.8 Å². The number of aryl methyl sites for hydroxylation is 2. The molecule has 136 valence electrons. The molecule has 0 bridgehead atoms. The summed E-state index contributed by atoms with van der Waals surface area (Å²) in [5.41, 5.74) is 5.21. The predicted molar refractivity (Wildman–Crippen MR) is 102 cm³/mol. The number of aromatic nitrogens is 2. The van der Waals surface area contributed by atoms with E-state index in [2.05, 4.69) is 16.5 Å². The van der Waals surface area contributed by atoms with Gasteiger partial charge in [-0.1, -0.05) is 29.8 Å². The molecule has 0 aliphatic carbocycles. The highest BCUT2D eigenvalue weighted by Crippen LogP contribution is 2.38. The number of carboxylic acids is 1. The highest BCUT2D eigenvalue weighted by Gasteiger charge is 2.30. The number of rotatable bonds is 3. The van der Waals surface area contributed by atoms with Crippen LogP contribution in [-0.4, -0.2) is 26.8 Å². The number of benzene rings is 2. The number of carboxylic acid groups (broad SMARTS) is 1. The minimum Gasteiger partial charge on any atom is -0.478 e. The van der Waals surface area contributed by atoms with Crippen LogP contribution in [0.3, 0.4) is 0 Å². The number of nitrogens with one attached hydrogen (secondary N) is 1. The zero-order valence-electron chi connectivity index (χ0n) is 15.1. The SMILES string of the molecule is Cc1ccc(-n2ncc3c2NC(=O)CC3c2ccc(C(=O)O)cc2)c(C)c1. The van der Waals surface area contributed by atoms with Gasteiger partial charge in [0.25, 0.3) is 0 Å². The molecule has 3 aromatic rings. The lowest BCUT2D eigenvalue weighted by Crippen LogP contribution is -2.24. The molecule has 0 saturated carbocycles. The maximum Gasteiger partial charge on any atom is 0.335 e. The van der Waals surface area contributed by atoms with Crippen LogP contribution in [0.25, 0.3) is 5.69 Å². The Morgan fingerprint density at radius 3 is 2.59 bits per heavy atom. The molecule has 1 atom stereocenters. The van der Waals surface area contributed by atoms with Crippen LogP contribution in [0.5, 0.6) is 0 Å². The van der Waals surface area contributed by atoms with Gasteiger partial charge in [0, 0.05) is 17.9 Å². The van der Waals surface area contributed by atoms with E-state index in [0.717, 1.165) is 27.9 Å². The number of nitrogens with zero attached hydrogens (tertiary/aromatic N) is 2. The van der Waals surface area contributed by atoms with Crippen molar-refractivity contribution in [2.45, 2.75) is 26.2 Å². The number of hydrogen-bond donors (Lipinski definition) is 2. The van der Waals surface area contributed by atoms with E-state index >= 15 is 0 Å². The molecule has 4 rings (SSSR count). The zero-order valence-corrected chi connectivity index (χ0v) is 15.1. The van der Waals surface area contributed by atoms with Gasteiger partial charge in [-0.3, -0.25) is 4.79 Å². The lowest BCUT2D eigenvalue weighted by Gasteiger charge is -2.24. The Morgan fingerprint density at radius 2 is 1.93 bits per heavy atom. The second-order valence-corrected chi connectivity index (χ2v) is 6.88. The monoisotopic (exact) mass is 361 g/mol. The molecule has 0 fully saturated rings. The number of carbonyl (C=O) groups is 2. The summed E-state index contributed by atoms with van der Waals surface area (Å²) in [6.45, 7) is 4.05. The second kappa shape index (κ2) is 6.39. The molecule has 0 spiro atoms. The largest absolute Gasteiger partial charge is 0.478 e. The van der Waals surface area contributed by atoms with E-state index in [-0.39, 0.29) is 17.4 Å². The number of aromatic carboxylic acids is 1. The summed E-state index contributed by atoms with van der Waals surface area (Å²) in [6, 6.07) is 12.8. The van der Waals surface area contributed by atoms with Crippen LogP contribution in [-0.2, 0) is 4.79 Å². The van der Waals surface area contributed by atoms with Crippen molar-refractivity contribution in [1.29, 1.82) is 0 Å². The normalized spacial score (nSPS) is 15.9. The molecule has 2 N–H and O–H groups in total. The highest BCUT2D eigenvalue weighted by molar-refractivity contribution is 5.95. The van der Waals surface area contributed by atoms with E-state index in [1.54, 1.807) is 35.1 Å². The number of carbonyl (C=O) groups excluding carboxylic acids is 1. The molecule has 1 aliphatic heterocycles. The molecule has 2 aromatic carbocycles. The third-order valence-corrected chi connectivity index (χ3v) is 4.96. The molecule has 1 aromatic heterocycles. The zero-order chi connectivity index (χ0) is 19.1. The van der Waals surface area contributed by atoms with E-state index in [0.29, 0.717) is 12.2 Å². The third kappa shape index (κ3) is 2.99. The van der Waals surface area contributed by atoms with Crippen molar-refractivity contribution < 1.29 is 14.7 Å². The van der Waals surface area contributed by atoms with Gasteiger partial charge in [-0.15, -0.1) is 0 Å². The van der Waals surface area contributed by atoms with Gasteiger partial charge in [0.2, 0.25) is 5.91 Å². The number of amides is 1. The summed E-state index contributed by atoms with van der Waals surface area (Å²) in [6.07, 6.45) is 2.09. The van der Waals surface area contributed by atoms with Crippen LogP contribution in [0.15, 0.2) is 48.7 Å². The first kappa shape index (κ1) is 17.0. The van der Waals surface area contributed by atoms with Gasteiger partial charge in [0.15, 0.2) is 0 Å². The van der Waals surface area contributed by atoms with Crippen LogP contribution in [0.4, 0.5) is 5.82 Å². The van der Waals surface area contributed by atoms with Crippen LogP contribution >= 0.6 is 0 Å². The maximum atomic E-state index is 12.4. The number of fused-ring (bicyclic) bond motifs is 1. The van der Waals surface area contributed by atoms with Crippen molar-refractivity contribution in [2.24, 2.45) is 0 Å². The second-order valence-electron chi connectivity index (χ2n) is 6.88. The quantitative estimate of drug-likeness (QED) is 0.746. The molecular formula is C21H19N3O3. The van der Waals surface area contributed by atoms with E-state index < -0.39 is 5.97 Å². The summed E-state index contributed by atoms with van der Waals surface area (Å²) < 4.78 is 1.76. The van der Waals surface area contributed by atoms with Gasteiger partial charge in [-0.25, -0.2) is 9.48 Å². The number of anilines is 1. The fourth-order valence-electron chi connectivity index (χ4n) is 3.60. The van der Waals surface area contributed by atoms with E-state index in [1.165, 1.54) is 0 Å². The van der Waals surface area contributed by atoms with Gasteiger partial charge in [-0.2, -0.15) is 5.10 Å². The fourth-order valence-corrected chi connectivity index (χ4v) is 3.60. The van der Waals surface area contributed by atoms with Crippen molar-refractivity contribution in [3.8, 4) is 5.69 Å². The molecule has 1 unspecified atom stereocenters. The summed E-state index contributed by atoms with van der Waals surface area (Å²) in [7, 11) is 0. The average molecular weight is 361 g/mol. The number of hydrogen-bond acceptors (Lipinski definition) is 3. The fraction of sp³-hybridized carbons (Fsp3) is 0.190. The predicted octanol–water partition coefficient (Wildman–Crippen LogP) is 3.66. The van der Waals surface area contributed by atoms with E-state index in [1.807, 2.05) is 26.0 Å². The van der Waals surface area contributed by atoms with Gasteiger partial charge in [0.05, 0.1) is 17.4 Å². The first-order valence-corrected chi connectivity index (χ1v) is 8.72. The molecule has 1 aliphatic rings. The van der Waals surface area contributed by atoms with E-state index in [4.69, 9.17) is 5.11 Å². The van der Waals surface area contributed by atoms with Crippen molar-refractivity contribution in [3.05, 3.63) is 76.5 Å². The van der Waals surface area contributed by atoms with Crippen LogP contribution in [0.1, 0.15) is 45.0 Å². The lowest BCUT2D eigenvalue weighted by atomic mass is 9.87. The summed E-state index contributed by atoms with van der Waals surface area (Å²) in [5, 5.41) is 16.6. The first-order valence-electron chi connectivity index (χ1n) is 8.72. The van der Waals surface area contributed by atoms with Crippen LogP contribution < -0.4 is 5.32 Å². The Bertz CT molecular complexity index is 1050. The molecule has 27 heavy (non-hydrogen) atoms. The standard InChI is InChI=1S/C21H19N3O3/c1-12-3-8-18(13(2)9-12)24-20-17(11-22-24)16(10-19(25)23-20)14-4-6-15(7-5-14)21(26)27/h3-9,11,16H,10H2,1-2H3,(H,23,25)(H,26,27). The minimum atomic E-state index is -0.966. The van der Waals surface area contributed by atoms with Crippen LogP contribution in [0.2, 0.25) is 0 Å². The van der Waals surface area contributed by atoms with Gasteiger partial charge in [0.1, 0.15) is 5.82 Å². The molecule has 6 nitrogen and oxygen atoms in total. The smallest absolute Gasteiger partial charge is 0.335 e. The Hall–Kier alpha value is -3.41.